The Kier molecular flexibility index (Phi) is 4.73. The second-order valence-corrected chi connectivity index (χ2v) is 7.88. The summed E-state index contributed by atoms with van der Waals surface area (Å²) in [7, 11) is 3.26. The van der Waals surface area contributed by atoms with E-state index in [9.17, 15) is 4.79 Å². The van der Waals surface area contributed by atoms with Gasteiger partial charge in [0.15, 0.2) is 11.6 Å². The monoisotopic (exact) mass is 416 g/mol. The van der Waals surface area contributed by atoms with Crippen LogP contribution in [0.4, 0.5) is 5.95 Å². The number of rotatable bonds is 4. The maximum absolute atomic E-state index is 13.1. The molecule has 1 aliphatic heterocycles. The zero-order chi connectivity index (χ0) is 21.5. The van der Waals surface area contributed by atoms with Crippen molar-refractivity contribution in [1.82, 2.24) is 14.8 Å². The Balaban J connectivity index is 1.72. The lowest BCUT2D eigenvalue weighted by Crippen LogP contribution is -2.31. The Hall–Kier alpha value is -3.61. The minimum absolute atomic E-state index is 0.127. The molecule has 2 aromatic carbocycles. The van der Waals surface area contributed by atoms with Crippen molar-refractivity contribution in [2.24, 2.45) is 0 Å². The average Bonchev–Trinajstić information content (AvgIpc) is 3.21. The molecule has 0 bridgehead atoms. The summed E-state index contributed by atoms with van der Waals surface area (Å²) in [5, 5.41) is 8.21. The van der Waals surface area contributed by atoms with Gasteiger partial charge in [-0.05, 0) is 44.0 Å². The molecule has 7 nitrogen and oxygen atoms in total. The van der Waals surface area contributed by atoms with E-state index in [0.29, 0.717) is 29.7 Å². The Morgan fingerprint density at radius 3 is 2.74 bits per heavy atom. The number of methoxy groups -OCH3 is 2. The van der Waals surface area contributed by atoms with Gasteiger partial charge in [0.25, 0.3) is 0 Å². The lowest BCUT2D eigenvalue weighted by molar-refractivity contribution is -0.116. The number of hydrogen-bond donors (Lipinski definition) is 1. The van der Waals surface area contributed by atoms with Crippen LogP contribution in [0, 0.1) is 6.92 Å². The minimum Gasteiger partial charge on any atom is -0.497 e. The smallest absolute Gasteiger partial charge is 0.226 e. The van der Waals surface area contributed by atoms with Crippen molar-refractivity contribution in [2.45, 2.75) is 32.2 Å². The van der Waals surface area contributed by atoms with E-state index in [1.165, 1.54) is 0 Å². The Morgan fingerprint density at radius 1 is 1.10 bits per heavy atom. The molecule has 1 aromatic heterocycles. The highest BCUT2D eigenvalue weighted by molar-refractivity contribution is 5.99. The van der Waals surface area contributed by atoms with E-state index in [1.54, 1.807) is 18.9 Å². The van der Waals surface area contributed by atoms with Gasteiger partial charge < -0.3 is 14.8 Å². The quantitative estimate of drug-likeness (QED) is 0.684. The number of Topliss-reactive ketones (excluding diaryl/α,β-unsaturated/α-hetero) is 1. The Bertz CT molecular complexity index is 1210. The van der Waals surface area contributed by atoms with Crippen LogP contribution in [0.3, 0.4) is 0 Å². The number of carbonyl (C=O) groups is 1. The van der Waals surface area contributed by atoms with Gasteiger partial charge in [-0.3, -0.25) is 4.79 Å². The van der Waals surface area contributed by atoms with Gasteiger partial charge in [0.05, 0.1) is 14.2 Å². The first kappa shape index (κ1) is 19.4. The summed E-state index contributed by atoms with van der Waals surface area (Å²) >= 11 is 0. The van der Waals surface area contributed by atoms with Crippen LogP contribution < -0.4 is 14.8 Å². The number of carbonyl (C=O) groups excluding carboxylic acids is 1. The van der Waals surface area contributed by atoms with E-state index in [0.717, 1.165) is 40.8 Å². The molecule has 5 rings (SSSR count). The predicted octanol–water partition coefficient (Wildman–Crippen LogP) is 4.29. The first-order chi connectivity index (χ1) is 15.1. The number of allylic oxidation sites excluding steroid dienone is 2. The number of ether oxygens (including phenoxy) is 2. The van der Waals surface area contributed by atoms with Crippen molar-refractivity contribution in [3.05, 3.63) is 64.9 Å². The largest absolute Gasteiger partial charge is 0.497 e. The zero-order valence-electron chi connectivity index (χ0n) is 17.8. The van der Waals surface area contributed by atoms with Crippen molar-refractivity contribution in [3.8, 4) is 22.9 Å². The fourth-order valence-corrected chi connectivity index (χ4v) is 4.40. The molecule has 2 aliphatic rings. The van der Waals surface area contributed by atoms with Gasteiger partial charge in [0.1, 0.15) is 17.5 Å². The van der Waals surface area contributed by atoms with Crippen LogP contribution in [0.25, 0.3) is 11.4 Å². The van der Waals surface area contributed by atoms with E-state index in [-0.39, 0.29) is 5.78 Å². The van der Waals surface area contributed by atoms with Crippen LogP contribution in [0.2, 0.25) is 0 Å². The van der Waals surface area contributed by atoms with Gasteiger partial charge in [0.2, 0.25) is 5.95 Å². The topological polar surface area (TPSA) is 78.3 Å². The van der Waals surface area contributed by atoms with E-state index in [1.807, 2.05) is 43.3 Å². The van der Waals surface area contributed by atoms with E-state index in [4.69, 9.17) is 19.6 Å². The maximum atomic E-state index is 13.1. The number of benzene rings is 2. The highest BCUT2D eigenvalue weighted by Gasteiger charge is 2.38. The van der Waals surface area contributed by atoms with Gasteiger partial charge in [-0.2, -0.15) is 4.98 Å². The number of hydrogen-bond acceptors (Lipinski definition) is 6. The molecule has 1 aliphatic carbocycles. The molecule has 0 spiro atoms. The molecule has 158 valence electrons. The van der Waals surface area contributed by atoms with Gasteiger partial charge in [-0.1, -0.05) is 23.8 Å². The lowest BCUT2D eigenvalue weighted by Gasteiger charge is -2.32. The highest BCUT2D eigenvalue weighted by Crippen LogP contribution is 2.44. The van der Waals surface area contributed by atoms with Gasteiger partial charge in [-0.25, -0.2) is 4.68 Å². The number of nitrogens with zero attached hydrogens (tertiary/aromatic N) is 3. The molecule has 1 N–H and O–H groups in total. The summed E-state index contributed by atoms with van der Waals surface area (Å²) in [4.78, 5) is 17.8. The summed E-state index contributed by atoms with van der Waals surface area (Å²) in [6.45, 7) is 2.04. The van der Waals surface area contributed by atoms with Gasteiger partial charge in [-0.15, -0.1) is 5.10 Å². The SMILES string of the molecule is COc1ccc(OC)c(C2C3=C(CCCC3=O)Nc3nc(-c4cccc(C)c4)nn32)c1. The van der Waals surface area contributed by atoms with Crippen molar-refractivity contribution < 1.29 is 14.3 Å². The molecule has 7 heteroatoms. The third-order valence-electron chi connectivity index (χ3n) is 5.88. The van der Waals surface area contributed by atoms with Crippen molar-refractivity contribution >= 4 is 11.7 Å². The van der Waals surface area contributed by atoms with Crippen molar-refractivity contribution in [3.63, 3.8) is 0 Å². The third kappa shape index (κ3) is 3.26. The fourth-order valence-electron chi connectivity index (χ4n) is 4.40. The average molecular weight is 416 g/mol. The summed E-state index contributed by atoms with van der Waals surface area (Å²) < 4.78 is 12.9. The van der Waals surface area contributed by atoms with Crippen LogP contribution in [0.1, 0.15) is 36.4 Å². The van der Waals surface area contributed by atoms with Crippen molar-refractivity contribution in [1.29, 1.82) is 0 Å². The molecule has 0 fully saturated rings. The normalized spacial score (nSPS) is 17.6. The molecule has 0 saturated carbocycles. The Labute approximate surface area is 180 Å². The van der Waals surface area contributed by atoms with Crippen molar-refractivity contribution in [2.75, 3.05) is 19.5 Å². The first-order valence-corrected chi connectivity index (χ1v) is 10.4. The number of nitrogens with one attached hydrogen (secondary N) is 1. The van der Waals surface area contributed by atoms with Crippen LogP contribution >= 0.6 is 0 Å². The molecule has 31 heavy (non-hydrogen) atoms. The molecule has 3 aromatic rings. The standard InChI is InChI=1S/C24H24N4O3/c1-14-6-4-7-15(12-14)23-26-24-25-18-8-5-9-19(29)21(18)22(28(24)27-23)17-13-16(30-2)10-11-20(17)31-3/h4,6-7,10-13,22H,5,8-9H2,1-3H3,(H,25,26,27). The summed E-state index contributed by atoms with van der Waals surface area (Å²) in [6, 6.07) is 13.3. The summed E-state index contributed by atoms with van der Waals surface area (Å²) in [5.41, 5.74) is 4.54. The van der Waals surface area contributed by atoms with Gasteiger partial charge in [0, 0.05) is 28.8 Å². The van der Waals surface area contributed by atoms with Gasteiger partial charge >= 0.3 is 0 Å². The third-order valence-corrected chi connectivity index (χ3v) is 5.88. The summed E-state index contributed by atoms with van der Waals surface area (Å²) in [6.07, 6.45) is 2.15. The number of aromatic nitrogens is 3. The summed E-state index contributed by atoms with van der Waals surface area (Å²) in [5.74, 6) is 2.74. The minimum atomic E-state index is -0.435. The van der Waals surface area contributed by atoms with Crippen LogP contribution in [-0.2, 0) is 4.79 Å². The van der Waals surface area contributed by atoms with Crippen LogP contribution in [0.15, 0.2) is 53.7 Å². The first-order valence-electron chi connectivity index (χ1n) is 10.4. The molecule has 2 heterocycles. The molecule has 0 amide bonds. The number of anilines is 1. The molecule has 0 saturated heterocycles. The second kappa shape index (κ2) is 7.58. The molecule has 0 radical (unpaired) electrons. The van der Waals surface area contributed by atoms with E-state index >= 15 is 0 Å². The number of aryl methyl sites for hydroxylation is 1. The number of ketones is 1. The zero-order valence-corrected chi connectivity index (χ0v) is 17.8. The fraction of sp³-hybridized carbons (Fsp3) is 0.292. The lowest BCUT2D eigenvalue weighted by atomic mass is 9.85. The van der Waals surface area contributed by atoms with Crippen LogP contribution in [0.5, 0.6) is 11.5 Å². The predicted molar refractivity (Wildman–Crippen MR) is 117 cm³/mol. The van der Waals surface area contributed by atoms with E-state index in [2.05, 4.69) is 11.4 Å². The van der Waals surface area contributed by atoms with E-state index < -0.39 is 6.04 Å². The molecular formula is C24H24N4O3. The maximum Gasteiger partial charge on any atom is 0.226 e. The highest BCUT2D eigenvalue weighted by atomic mass is 16.5. The number of fused-ring (bicyclic) bond motifs is 1. The Morgan fingerprint density at radius 2 is 1.97 bits per heavy atom. The second-order valence-electron chi connectivity index (χ2n) is 7.88. The van der Waals surface area contributed by atoms with Crippen LogP contribution in [-0.4, -0.2) is 34.8 Å². The molecule has 1 atom stereocenters. The molecular weight excluding hydrogens is 392 g/mol. The molecule has 1 unspecified atom stereocenters.